The number of hydrogen-bond acceptors (Lipinski definition) is 4. The number of hydrogen-bond donors (Lipinski definition) is 2. The van der Waals surface area contributed by atoms with E-state index in [-0.39, 0.29) is 5.56 Å². The van der Waals surface area contributed by atoms with Gasteiger partial charge in [0.2, 0.25) is 0 Å². The molecule has 1 aromatic carbocycles. The maximum absolute atomic E-state index is 11.3. The molecule has 2 rings (SSSR count). The van der Waals surface area contributed by atoms with E-state index in [0.717, 1.165) is 0 Å². The van der Waals surface area contributed by atoms with Crippen molar-refractivity contribution in [3.8, 4) is 0 Å². The van der Waals surface area contributed by atoms with Gasteiger partial charge in [0.25, 0.3) is 0 Å². The highest BCUT2D eigenvalue weighted by atomic mass is 16.7. The van der Waals surface area contributed by atoms with Crippen molar-refractivity contribution < 1.29 is 19.2 Å². The Kier molecular flexibility index (Phi) is 3.66. The summed E-state index contributed by atoms with van der Waals surface area (Å²) < 4.78 is 11.7. The predicted octanol–water partition coefficient (Wildman–Crippen LogP) is 2.02. The van der Waals surface area contributed by atoms with Crippen molar-refractivity contribution in [1.82, 2.24) is 0 Å². The van der Waals surface area contributed by atoms with E-state index in [9.17, 15) is 9.90 Å². The molecule has 0 bridgehead atoms. The average molecular weight is 277 g/mol. The van der Waals surface area contributed by atoms with Crippen molar-refractivity contribution in [1.29, 1.82) is 0 Å². The van der Waals surface area contributed by atoms with Gasteiger partial charge < -0.3 is 20.1 Å². The van der Waals surface area contributed by atoms with E-state index in [0.29, 0.717) is 5.56 Å². The Balaban J connectivity index is 2.30. The van der Waals surface area contributed by atoms with Gasteiger partial charge in [-0.2, -0.15) is 0 Å². The summed E-state index contributed by atoms with van der Waals surface area (Å²) in [5.74, 6) is -1.66. The molecule has 1 saturated heterocycles. The fraction of sp³-hybridized carbons (Fsp3) is 0.500. The fourth-order valence-corrected chi connectivity index (χ4v) is 2.16. The number of nitrogens with two attached hydrogens (primary N) is 1. The second kappa shape index (κ2) is 4.88. The van der Waals surface area contributed by atoms with Crippen LogP contribution in [0.2, 0.25) is 0 Å². The van der Waals surface area contributed by atoms with Gasteiger partial charge in [-0.3, -0.25) is 0 Å². The second-order valence-electron chi connectivity index (χ2n) is 6.04. The lowest BCUT2D eigenvalue weighted by molar-refractivity contribution is 0.00578. The van der Waals surface area contributed by atoms with E-state index in [1.807, 2.05) is 27.7 Å². The number of carbonyl (C=O) groups is 1. The first-order valence-corrected chi connectivity index (χ1v) is 6.59. The monoisotopic (exact) mass is 277 g/mol. The normalized spacial score (nSPS) is 21.8. The molecule has 1 atom stereocenters. The van der Waals surface area contributed by atoms with Gasteiger partial charge in [-0.25, -0.2) is 4.79 Å². The topological polar surface area (TPSA) is 81.8 Å². The number of carboxylic acid groups (broad SMARTS) is 1. The van der Waals surface area contributed by atoms with Gasteiger partial charge in [-0.05, 0) is 39.3 Å². The lowest BCUT2D eigenvalue weighted by atomic mass is 9.73. The fourth-order valence-electron chi connectivity index (χ4n) is 2.16. The van der Waals surface area contributed by atoms with Crippen molar-refractivity contribution in [3.05, 3.63) is 35.4 Å². The van der Waals surface area contributed by atoms with Crippen molar-refractivity contribution >= 4 is 13.1 Å². The molecule has 6 heteroatoms. The summed E-state index contributed by atoms with van der Waals surface area (Å²) in [6, 6.07) is 6.65. The van der Waals surface area contributed by atoms with Crippen LogP contribution >= 0.6 is 0 Å². The summed E-state index contributed by atoms with van der Waals surface area (Å²) in [7, 11) is -0.666. The Morgan fingerprint density at radius 2 is 1.70 bits per heavy atom. The van der Waals surface area contributed by atoms with Gasteiger partial charge in [-0.15, -0.1) is 0 Å². The third-order valence-electron chi connectivity index (χ3n) is 4.12. The first-order valence-electron chi connectivity index (χ1n) is 6.59. The highest BCUT2D eigenvalue weighted by Gasteiger charge is 2.53. The third kappa shape index (κ3) is 2.46. The van der Waals surface area contributed by atoms with Crippen LogP contribution in [0.25, 0.3) is 0 Å². The minimum atomic E-state index is -1.01. The molecule has 0 spiro atoms. The maximum atomic E-state index is 11.3. The Hall–Kier alpha value is -1.37. The second-order valence-corrected chi connectivity index (χ2v) is 6.04. The van der Waals surface area contributed by atoms with E-state index in [1.54, 1.807) is 18.2 Å². The zero-order chi connectivity index (χ0) is 15.1. The Morgan fingerprint density at radius 1 is 1.20 bits per heavy atom. The number of benzene rings is 1. The lowest BCUT2D eigenvalue weighted by Crippen LogP contribution is -2.41. The van der Waals surface area contributed by atoms with Gasteiger partial charge in [0.1, 0.15) is 0 Å². The smallest absolute Gasteiger partial charge is 0.478 e. The number of rotatable bonds is 3. The molecule has 108 valence electrons. The van der Waals surface area contributed by atoms with Crippen LogP contribution in [0.15, 0.2) is 24.3 Å². The van der Waals surface area contributed by atoms with E-state index < -0.39 is 30.2 Å². The van der Waals surface area contributed by atoms with Crippen LogP contribution in [0.1, 0.15) is 49.6 Å². The molecule has 0 aromatic heterocycles. The molecule has 0 radical (unpaired) electrons. The third-order valence-corrected chi connectivity index (χ3v) is 4.12. The van der Waals surface area contributed by atoms with E-state index in [4.69, 9.17) is 15.0 Å². The van der Waals surface area contributed by atoms with E-state index in [2.05, 4.69) is 0 Å². The molecule has 0 aliphatic carbocycles. The van der Waals surface area contributed by atoms with Crippen molar-refractivity contribution in [2.75, 3.05) is 0 Å². The summed E-state index contributed by atoms with van der Waals surface area (Å²) in [6.07, 6.45) is 0. The first kappa shape index (κ1) is 15.0. The zero-order valence-electron chi connectivity index (χ0n) is 12.2. The predicted molar refractivity (Wildman–Crippen MR) is 76.4 cm³/mol. The summed E-state index contributed by atoms with van der Waals surface area (Å²) in [6.45, 7) is 7.73. The highest BCUT2D eigenvalue weighted by molar-refractivity contribution is 6.47. The molecular weight excluding hydrogens is 257 g/mol. The molecule has 5 nitrogen and oxygen atoms in total. The van der Waals surface area contributed by atoms with Crippen LogP contribution in [-0.4, -0.2) is 29.4 Å². The molecule has 1 fully saturated rings. The van der Waals surface area contributed by atoms with Crippen LogP contribution in [0.5, 0.6) is 0 Å². The first-order chi connectivity index (χ1) is 9.16. The minimum Gasteiger partial charge on any atom is -0.478 e. The van der Waals surface area contributed by atoms with Crippen LogP contribution in [0.4, 0.5) is 0 Å². The van der Waals surface area contributed by atoms with Crippen molar-refractivity contribution in [3.63, 3.8) is 0 Å². The lowest BCUT2D eigenvalue weighted by Gasteiger charge is -2.32. The van der Waals surface area contributed by atoms with Crippen LogP contribution < -0.4 is 5.73 Å². The summed E-state index contributed by atoms with van der Waals surface area (Å²) >= 11 is 0. The van der Waals surface area contributed by atoms with Gasteiger partial charge in [-0.1, -0.05) is 18.2 Å². The Labute approximate surface area is 119 Å². The molecule has 3 N–H and O–H groups in total. The highest BCUT2D eigenvalue weighted by Crippen LogP contribution is 2.39. The Morgan fingerprint density at radius 3 is 2.20 bits per heavy atom. The number of carboxylic acids is 1. The molecule has 0 saturated carbocycles. The molecule has 20 heavy (non-hydrogen) atoms. The van der Waals surface area contributed by atoms with Gasteiger partial charge in [0.05, 0.1) is 22.7 Å². The van der Waals surface area contributed by atoms with E-state index in [1.165, 1.54) is 6.07 Å². The van der Waals surface area contributed by atoms with Crippen LogP contribution in [-0.2, 0) is 9.31 Å². The van der Waals surface area contributed by atoms with Crippen molar-refractivity contribution in [2.45, 2.75) is 44.8 Å². The molecule has 0 unspecified atom stereocenters. The zero-order valence-corrected chi connectivity index (χ0v) is 12.2. The van der Waals surface area contributed by atoms with Crippen molar-refractivity contribution in [2.24, 2.45) is 5.73 Å². The summed E-state index contributed by atoms with van der Waals surface area (Å²) in [4.78, 5) is 11.3. The van der Waals surface area contributed by atoms with Gasteiger partial charge in [0, 0.05) is 0 Å². The molecular formula is C14H20BNO4. The van der Waals surface area contributed by atoms with Gasteiger partial charge >= 0.3 is 13.1 Å². The maximum Gasteiger partial charge on any atom is 0.480 e. The summed E-state index contributed by atoms with van der Waals surface area (Å²) in [5, 5.41) is 9.23. The Bertz CT molecular complexity index is 514. The average Bonchev–Trinajstić information content (AvgIpc) is 2.57. The van der Waals surface area contributed by atoms with Crippen LogP contribution in [0.3, 0.4) is 0 Å². The molecule has 1 aliphatic heterocycles. The molecule has 1 aliphatic rings. The number of aromatic carboxylic acids is 1. The minimum absolute atomic E-state index is 0.176. The van der Waals surface area contributed by atoms with Crippen LogP contribution in [0, 0.1) is 0 Å². The molecule has 1 heterocycles. The van der Waals surface area contributed by atoms with Gasteiger partial charge in [0.15, 0.2) is 0 Å². The molecule has 1 aromatic rings. The molecule has 0 amide bonds. The quantitative estimate of drug-likeness (QED) is 0.826. The largest absolute Gasteiger partial charge is 0.480 e. The van der Waals surface area contributed by atoms with E-state index >= 15 is 0 Å². The SMILES string of the molecule is CC1(C)OB([C@H](N)c2ccccc2C(=O)O)OC1(C)C. The summed E-state index contributed by atoms with van der Waals surface area (Å²) in [5.41, 5.74) is 5.87. The standard InChI is InChI=1S/C14H20BNO4/c1-13(2)14(3,4)20-15(19-13)11(16)9-7-5-6-8-10(9)12(17)18/h5-8,11H,16H2,1-4H3,(H,17,18)/t11-/m1/s1.